The van der Waals surface area contributed by atoms with Gasteiger partial charge in [-0.15, -0.1) is 0 Å². The summed E-state index contributed by atoms with van der Waals surface area (Å²) in [6.07, 6.45) is -3.85. The van der Waals surface area contributed by atoms with Crippen molar-refractivity contribution in [3.63, 3.8) is 0 Å². The van der Waals surface area contributed by atoms with Crippen LogP contribution in [0.5, 0.6) is 0 Å². The van der Waals surface area contributed by atoms with Gasteiger partial charge in [-0.3, -0.25) is 0 Å². The molecule has 21 heavy (non-hydrogen) atoms. The van der Waals surface area contributed by atoms with Gasteiger partial charge in [-0.2, -0.15) is 0 Å². The smallest absolute Gasteiger partial charge is 0.338 e. The number of esters is 1. The third-order valence-corrected chi connectivity index (χ3v) is 3.62. The quantitative estimate of drug-likeness (QED) is 0.856. The molecule has 0 unspecified atom stereocenters. The SMILES string of the molecule is CO[C@H]1O[C@H](COC(=O)c2ccccc2C)[C@@H](F)[C@@]1(C)O. The third kappa shape index (κ3) is 3.07. The van der Waals surface area contributed by atoms with Crippen LogP contribution in [0.25, 0.3) is 0 Å². The van der Waals surface area contributed by atoms with Gasteiger partial charge in [-0.05, 0) is 25.5 Å². The molecule has 0 spiro atoms. The van der Waals surface area contributed by atoms with Crippen molar-refractivity contribution in [1.82, 2.24) is 0 Å². The van der Waals surface area contributed by atoms with Crippen molar-refractivity contribution < 1.29 is 28.5 Å². The fourth-order valence-corrected chi connectivity index (χ4v) is 2.33. The lowest BCUT2D eigenvalue weighted by Crippen LogP contribution is -2.44. The molecule has 0 saturated carbocycles. The van der Waals surface area contributed by atoms with Gasteiger partial charge < -0.3 is 19.3 Å². The zero-order valence-corrected chi connectivity index (χ0v) is 12.2. The van der Waals surface area contributed by atoms with Crippen molar-refractivity contribution in [2.75, 3.05) is 13.7 Å². The maximum absolute atomic E-state index is 14.1. The predicted molar refractivity (Wildman–Crippen MR) is 72.7 cm³/mol. The summed E-state index contributed by atoms with van der Waals surface area (Å²) in [5.41, 5.74) is -0.580. The zero-order valence-electron chi connectivity index (χ0n) is 12.2. The molecule has 1 aliphatic heterocycles. The number of hydrogen-bond acceptors (Lipinski definition) is 5. The van der Waals surface area contributed by atoms with Crippen LogP contribution >= 0.6 is 0 Å². The summed E-state index contributed by atoms with van der Waals surface area (Å²) < 4.78 is 29.3. The highest BCUT2D eigenvalue weighted by Crippen LogP contribution is 2.33. The maximum Gasteiger partial charge on any atom is 0.338 e. The summed E-state index contributed by atoms with van der Waals surface area (Å²) in [6, 6.07) is 6.95. The van der Waals surface area contributed by atoms with Gasteiger partial charge in [0.25, 0.3) is 0 Å². The molecule has 1 N–H and O–H groups in total. The molecule has 0 aromatic heterocycles. The molecule has 2 rings (SSSR count). The number of halogens is 1. The normalized spacial score (nSPS) is 32.1. The minimum absolute atomic E-state index is 0.287. The summed E-state index contributed by atoms with van der Waals surface area (Å²) in [7, 11) is 1.31. The number of carbonyl (C=O) groups excluding carboxylic acids is 1. The van der Waals surface area contributed by atoms with Crippen LogP contribution in [0.3, 0.4) is 0 Å². The number of benzene rings is 1. The Labute approximate surface area is 122 Å². The molecular formula is C15H19FO5. The van der Waals surface area contributed by atoms with Crippen LogP contribution < -0.4 is 0 Å². The second-order valence-corrected chi connectivity index (χ2v) is 5.28. The van der Waals surface area contributed by atoms with Crippen LogP contribution in [0, 0.1) is 6.92 Å². The van der Waals surface area contributed by atoms with E-state index in [2.05, 4.69) is 0 Å². The molecule has 6 heteroatoms. The lowest BCUT2D eigenvalue weighted by molar-refractivity contribution is -0.185. The van der Waals surface area contributed by atoms with Crippen LogP contribution in [0.4, 0.5) is 4.39 Å². The second-order valence-electron chi connectivity index (χ2n) is 5.28. The van der Waals surface area contributed by atoms with Crippen molar-refractivity contribution in [3.8, 4) is 0 Å². The van der Waals surface area contributed by atoms with Gasteiger partial charge >= 0.3 is 5.97 Å². The van der Waals surface area contributed by atoms with Crippen LogP contribution in [-0.4, -0.2) is 49.0 Å². The molecule has 1 aliphatic rings. The molecule has 116 valence electrons. The van der Waals surface area contributed by atoms with E-state index in [1.165, 1.54) is 14.0 Å². The molecular weight excluding hydrogens is 279 g/mol. The number of aliphatic hydroxyl groups is 1. The van der Waals surface area contributed by atoms with Crippen LogP contribution in [-0.2, 0) is 14.2 Å². The van der Waals surface area contributed by atoms with E-state index < -0.39 is 30.1 Å². The fourth-order valence-electron chi connectivity index (χ4n) is 2.33. The Bertz CT molecular complexity index is 517. The largest absolute Gasteiger partial charge is 0.459 e. The Morgan fingerprint density at radius 1 is 1.48 bits per heavy atom. The van der Waals surface area contributed by atoms with Crippen LogP contribution in [0.15, 0.2) is 24.3 Å². The molecule has 0 bridgehead atoms. The second kappa shape index (κ2) is 6.09. The number of methoxy groups -OCH3 is 1. The van der Waals surface area contributed by atoms with E-state index in [1.807, 2.05) is 6.07 Å². The zero-order chi connectivity index (χ0) is 15.6. The first kappa shape index (κ1) is 15.9. The number of aryl methyl sites for hydroxylation is 1. The van der Waals surface area contributed by atoms with Gasteiger partial charge in [0, 0.05) is 7.11 Å². The van der Waals surface area contributed by atoms with E-state index >= 15 is 0 Å². The Balaban J connectivity index is 1.98. The highest BCUT2D eigenvalue weighted by molar-refractivity contribution is 5.90. The summed E-state index contributed by atoms with van der Waals surface area (Å²) in [4.78, 5) is 11.9. The standard InChI is InChI=1S/C15H19FO5/c1-9-6-4-5-7-10(9)13(17)20-8-11-12(16)15(2,18)14(19-3)21-11/h4-7,11-12,14,18H,8H2,1-3H3/t11-,12-,14+,15-/m1/s1. The first-order valence-corrected chi connectivity index (χ1v) is 6.65. The fraction of sp³-hybridized carbons (Fsp3) is 0.533. The Kier molecular flexibility index (Phi) is 4.61. The molecule has 1 fully saturated rings. The molecule has 1 aromatic rings. The molecule has 1 saturated heterocycles. The summed E-state index contributed by atoms with van der Waals surface area (Å²) >= 11 is 0. The molecule has 4 atom stereocenters. The lowest BCUT2D eigenvalue weighted by atomic mass is 9.99. The monoisotopic (exact) mass is 298 g/mol. The average molecular weight is 298 g/mol. The molecule has 1 heterocycles. The average Bonchev–Trinajstić information content (AvgIpc) is 2.67. The maximum atomic E-state index is 14.1. The van der Waals surface area contributed by atoms with E-state index in [0.717, 1.165) is 5.56 Å². The van der Waals surface area contributed by atoms with E-state index in [1.54, 1.807) is 25.1 Å². The van der Waals surface area contributed by atoms with Gasteiger partial charge in [0.15, 0.2) is 12.5 Å². The Morgan fingerprint density at radius 3 is 2.71 bits per heavy atom. The molecule has 0 aliphatic carbocycles. The number of ether oxygens (including phenoxy) is 3. The number of carbonyl (C=O) groups is 1. The van der Waals surface area contributed by atoms with Gasteiger partial charge in [-0.1, -0.05) is 18.2 Å². The molecule has 1 aromatic carbocycles. The molecule has 5 nitrogen and oxygen atoms in total. The molecule has 0 radical (unpaired) electrons. The Hall–Kier alpha value is -1.50. The lowest BCUT2D eigenvalue weighted by Gasteiger charge is -2.23. The molecule has 0 amide bonds. The highest BCUT2D eigenvalue weighted by Gasteiger charge is 2.54. The predicted octanol–water partition coefficient (Wildman–Crippen LogP) is 1.61. The minimum Gasteiger partial charge on any atom is -0.459 e. The van der Waals surface area contributed by atoms with E-state index in [0.29, 0.717) is 5.56 Å². The van der Waals surface area contributed by atoms with Crippen molar-refractivity contribution >= 4 is 5.97 Å². The van der Waals surface area contributed by atoms with Gasteiger partial charge in [0.05, 0.1) is 5.56 Å². The van der Waals surface area contributed by atoms with Crippen LogP contribution in [0.2, 0.25) is 0 Å². The van der Waals surface area contributed by atoms with E-state index in [-0.39, 0.29) is 6.61 Å². The van der Waals surface area contributed by atoms with Crippen molar-refractivity contribution in [2.45, 2.75) is 38.0 Å². The van der Waals surface area contributed by atoms with Crippen molar-refractivity contribution in [2.24, 2.45) is 0 Å². The topological polar surface area (TPSA) is 65.0 Å². The van der Waals surface area contributed by atoms with Gasteiger partial charge in [-0.25, -0.2) is 9.18 Å². The summed E-state index contributed by atoms with van der Waals surface area (Å²) in [5.74, 6) is -0.551. The third-order valence-electron chi connectivity index (χ3n) is 3.62. The van der Waals surface area contributed by atoms with Crippen molar-refractivity contribution in [3.05, 3.63) is 35.4 Å². The number of rotatable bonds is 4. The van der Waals surface area contributed by atoms with Crippen LogP contribution in [0.1, 0.15) is 22.8 Å². The Morgan fingerprint density at radius 2 is 2.14 bits per heavy atom. The van der Waals surface area contributed by atoms with E-state index in [9.17, 15) is 14.3 Å². The highest BCUT2D eigenvalue weighted by atomic mass is 19.1. The summed E-state index contributed by atoms with van der Waals surface area (Å²) in [5, 5.41) is 9.95. The number of alkyl halides is 1. The minimum atomic E-state index is -1.77. The van der Waals surface area contributed by atoms with Gasteiger partial charge in [0.2, 0.25) is 0 Å². The number of hydrogen-bond donors (Lipinski definition) is 1. The van der Waals surface area contributed by atoms with E-state index in [4.69, 9.17) is 14.2 Å². The first-order chi connectivity index (χ1) is 9.87. The first-order valence-electron chi connectivity index (χ1n) is 6.65. The summed E-state index contributed by atoms with van der Waals surface area (Å²) in [6.45, 7) is 2.78. The van der Waals surface area contributed by atoms with Crippen molar-refractivity contribution in [1.29, 1.82) is 0 Å². The van der Waals surface area contributed by atoms with Gasteiger partial charge in [0.1, 0.15) is 18.3 Å².